The molecule has 7 heteroatoms. The van der Waals surface area contributed by atoms with Crippen molar-refractivity contribution in [3.8, 4) is 5.75 Å². The molecule has 0 fully saturated rings. The van der Waals surface area contributed by atoms with Gasteiger partial charge in [0.2, 0.25) is 0 Å². The number of aromatic nitrogens is 1. The van der Waals surface area contributed by atoms with Gasteiger partial charge in [0.1, 0.15) is 16.4 Å². The van der Waals surface area contributed by atoms with E-state index in [-0.39, 0.29) is 5.91 Å². The second kappa shape index (κ2) is 7.44. The van der Waals surface area contributed by atoms with Crippen LogP contribution in [0.15, 0.2) is 24.3 Å². The van der Waals surface area contributed by atoms with Gasteiger partial charge < -0.3 is 20.4 Å². The van der Waals surface area contributed by atoms with E-state index in [1.54, 1.807) is 6.07 Å². The van der Waals surface area contributed by atoms with Gasteiger partial charge in [0, 0.05) is 22.3 Å². The Morgan fingerprint density at radius 2 is 1.96 bits per heavy atom. The Morgan fingerprint density at radius 1 is 1.22 bits per heavy atom. The van der Waals surface area contributed by atoms with Crippen molar-refractivity contribution in [2.24, 2.45) is 5.73 Å². The molecule has 6 nitrogen and oxygen atoms in total. The number of hydrogen-bond donors (Lipinski definition) is 2. The summed E-state index contributed by atoms with van der Waals surface area (Å²) in [6, 6.07) is 7.53. The molecule has 2 heterocycles. The minimum absolute atomic E-state index is 0.257. The number of fused-ring (bicyclic) bond motifs is 1. The third kappa shape index (κ3) is 3.42. The smallest absolute Gasteiger partial charge is 0.273 e. The molecule has 0 unspecified atom stereocenters. The molecule has 3 rings (SSSR count). The third-order valence-corrected chi connectivity index (χ3v) is 5.44. The predicted molar refractivity (Wildman–Crippen MR) is 109 cm³/mol. The van der Waals surface area contributed by atoms with Gasteiger partial charge >= 0.3 is 0 Å². The van der Waals surface area contributed by atoms with E-state index in [4.69, 9.17) is 10.5 Å². The van der Waals surface area contributed by atoms with E-state index in [1.165, 1.54) is 11.3 Å². The number of aryl methyl sites for hydroxylation is 3. The largest absolute Gasteiger partial charge is 0.494 e. The number of carbonyl (C=O) groups excluding carboxylic acids is 2. The van der Waals surface area contributed by atoms with Gasteiger partial charge in [-0.1, -0.05) is 0 Å². The van der Waals surface area contributed by atoms with Crippen LogP contribution in [-0.4, -0.2) is 23.0 Å². The van der Waals surface area contributed by atoms with Crippen LogP contribution in [0.4, 0.5) is 5.00 Å². The molecule has 27 heavy (non-hydrogen) atoms. The fraction of sp³-hybridized carbons (Fsp3) is 0.300. The molecule has 0 aliphatic heterocycles. The number of nitrogens with zero attached hydrogens (tertiary/aromatic N) is 1. The Kier molecular flexibility index (Phi) is 5.23. The maximum absolute atomic E-state index is 13.1. The Bertz CT molecular complexity index is 1030. The Labute approximate surface area is 161 Å². The standard InChI is InChI=1S/C20H23N3O3S/c1-5-23-16-8-7-13(26-6-2)10-14(16)12(4)17(23)19(25)22-20-15(18(21)24)9-11(3)27-20/h7-10H,5-6H2,1-4H3,(H2,21,24)(H,22,25). The summed E-state index contributed by atoms with van der Waals surface area (Å²) in [4.78, 5) is 25.6. The molecule has 2 aromatic heterocycles. The number of ether oxygens (including phenoxy) is 1. The minimum atomic E-state index is -0.552. The highest BCUT2D eigenvalue weighted by Gasteiger charge is 2.22. The summed E-state index contributed by atoms with van der Waals surface area (Å²) >= 11 is 1.34. The highest BCUT2D eigenvalue weighted by atomic mass is 32.1. The van der Waals surface area contributed by atoms with Gasteiger partial charge in [-0.25, -0.2) is 0 Å². The van der Waals surface area contributed by atoms with Crippen molar-refractivity contribution >= 4 is 39.1 Å². The van der Waals surface area contributed by atoms with Crippen LogP contribution in [0.25, 0.3) is 10.9 Å². The summed E-state index contributed by atoms with van der Waals surface area (Å²) in [5.74, 6) is -0.0326. The number of primary amides is 1. The number of hydrogen-bond acceptors (Lipinski definition) is 4. The molecule has 0 radical (unpaired) electrons. The van der Waals surface area contributed by atoms with Gasteiger partial charge in [-0.05, 0) is 57.5 Å². The van der Waals surface area contributed by atoms with Gasteiger partial charge in [-0.15, -0.1) is 11.3 Å². The first-order valence-corrected chi connectivity index (χ1v) is 9.66. The first-order chi connectivity index (χ1) is 12.9. The second-order valence-corrected chi connectivity index (χ2v) is 7.50. The van der Waals surface area contributed by atoms with E-state index in [1.807, 2.05) is 50.5 Å². The van der Waals surface area contributed by atoms with E-state index < -0.39 is 5.91 Å². The first kappa shape index (κ1) is 19.0. The molecule has 0 aliphatic rings. The van der Waals surface area contributed by atoms with Crippen molar-refractivity contribution in [1.82, 2.24) is 4.57 Å². The predicted octanol–water partition coefficient (Wildman–Crippen LogP) is 4.09. The topological polar surface area (TPSA) is 86.3 Å². The number of rotatable bonds is 6. The molecule has 3 N–H and O–H groups in total. The Morgan fingerprint density at radius 3 is 2.59 bits per heavy atom. The number of anilines is 1. The van der Waals surface area contributed by atoms with Gasteiger partial charge in [0.25, 0.3) is 11.8 Å². The lowest BCUT2D eigenvalue weighted by Crippen LogP contribution is -2.20. The average molecular weight is 385 g/mol. The minimum Gasteiger partial charge on any atom is -0.494 e. The Balaban J connectivity index is 2.06. The number of carbonyl (C=O) groups is 2. The highest BCUT2D eigenvalue weighted by Crippen LogP contribution is 2.32. The van der Waals surface area contributed by atoms with Crippen LogP contribution in [0, 0.1) is 13.8 Å². The van der Waals surface area contributed by atoms with Crippen molar-refractivity contribution in [2.75, 3.05) is 11.9 Å². The molecule has 0 atom stereocenters. The van der Waals surface area contributed by atoms with Crippen LogP contribution < -0.4 is 15.8 Å². The highest BCUT2D eigenvalue weighted by molar-refractivity contribution is 7.16. The van der Waals surface area contributed by atoms with E-state index >= 15 is 0 Å². The maximum atomic E-state index is 13.1. The van der Waals surface area contributed by atoms with Crippen molar-refractivity contribution in [3.63, 3.8) is 0 Å². The fourth-order valence-electron chi connectivity index (χ4n) is 3.33. The van der Waals surface area contributed by atoms with Gasteiger partial charge in [0.15, 0.2) is 0 Å². The molecular weight excluding hydrogens is 362 g/mol. The normalized spacial score (nSPS) is 11.0. The summed E-state index contributed by atoms with van der Waals surface area (Å²) in [5.41, 5.74) is 8.19. The van der Waals surface area contributed by atoms with Crippen molar-refractivity contribution in [1.29, 1.82) is 0 Å². The molecule has 0 spiro atoms. The molecular formula is C20H23N3O3S. The summed E-state index contributed by atoms with van der Waals surface area (Å²) in [7, 11) is 0. The van der Waals surface area contributed by atoms with Crippen LogP contribution >= 0.6 is 11.3 Å². The third-order valence-electron chi connectivity index (χ3n) is 4.48. The van der Waals surface area contributed by atoms with Crippen molar-refractivity contribution in [3.05, 3.63) is 46.0 Å². The molecule has 0 bridgehead atoms. The number of benzene rings is 1. The zero-order chi connectivity index (χ0) is 19.7. The molecule has 142 valence electrons. The fourth-order valence-corrected chi connectivity index (χ4v) is 4.24. The molecule has 0 saturated heterocycles. The molecule has 2 amide bonds. The van der Waals surface area contributed by atoms with E-state index in [9.17, 15) is 9.59 Å². The van der Waals surface area contributed by atoms with Gasteiger partial charge in [-0.3, -0.25) is 9.59 Å². The lowest BCUT2D eigenvalue weighted by atomic mass is 10.1. The first-order valence-electron chi connectivity index (χ1n) is 8.84. The molecule has 0 aliphatic carbocycles. The van der Waals surface area contributed by atoms with Crippen molar-refractivity contribution < 1.29 is 14.3 Å². The van der Waals surface area contributed by atoms with Crippen LogP contribution in [0.5, 0.6) is 5.75 Å². The Hall–Kier alpha value is -2.80. The molecule has 0 saturated carbocycles. The number of thiophene rings is 1. The van der Waals surface area contributed by atoms with Gasteiger partial charge in [0.05, 0.1) is 12.2 Å². The summed E-state index contributed by atoms with van der Waals surface area (Å²) < 4.78 is 7.57. The van der Waals surface area contributed by atoms with Crippen LogP contribution in [0.1, 0.15) is 45.1 Å². The van der Waals surface area contributed by atoms with Crippen LogP contribution in [0.2, 0.25) is 0 Å². The van der Waals surface area contributed by atoms with E-state index in [0.717, 1.165) is 27.1 Å². The number of nitrogens with two attached hydrogens (primary N) is 1. The van der Waals surface area contributed by atoms with Crippen molar-refractivity contribution in [2.45, 2.75) is 34.2 Å². The molecule has 1 aromatic carbocycles. The second-order valence-electron chi connectivity index (χ2n) is 6.25. The average Bonchev–Trinajstić information content (AvgIpc) is 3.12. The summed E-state index contributed by atoms with van der Waals surface area (Å²) in [6.07, 6.45) is 0. The quantitative estimate of drug-likeness (QED) is 0.670. The van der Waals surface area contributed by atoms with Gasteiger partial charge in [-0.2, -0.15) is 0 Å². The number of nitrogens with one attached hydrogen (secondary N) is 1. The zero-order valence-electron chi connectivity index (χ0n) is 15.9. The summed E-state index contributed by atoms with van der Waals surface area (Å²) in [6.45, 7) is 8.96. The molecule has 3 aromatic rings. The van der Waals surface area contributed by atoms with E-state index in [2.05, 4.69) is 5.32 Å². The van der Waals surface area contributed by atoms with E-state index in [0.29, 0.717) is 29.4 Å². The lowest BCUT2D eigenvalue weighted by Gasteiger charge is -2.10. The summed E-state index contributed by atoms with van der Waals surface area (Å²) in [5, 5.41) is 4.33. The number of amides is 2. The van der Waals surface area contributed by atoms with Crippen LogP contribution in [-0.2, 0) is 6.54 Å². The monoisotopic (exact) mass is 385 g/mol. The van der Waals surface area contributed by atoms with Crippen LogP contribution in [0.3, 0.4) is 0 Å². The lowest BCUT2D eigenvalue weighted by molar-refractivity contribution is 0.100. The maximum Gasteiger partial charge on any atom is 0.273 e. The SMILES string of the molecule is CCOc1ccc2c(c1)c(C)c(C(=O)Nc1sc(C)cc1C(N)=O)n2CC. The zero-order valence-corrected chi connectivity index (χ0v) is 16.7.